The molecule has 0 fully saturated rings. The minimum Gasteiger partial charge on any atom is -0.444 e. The first-order valence-corrected chi connectivity index (χ1v) is 5.89. The molecule has 0 saturated carbocycles. The summed E-state index contributed by atoms with van der Waals surface area (Å²) in [4.78, 5) is 3.90. The van der Waals surface area contributed by atoms with Crippen LogP contribution in [0, 0.1) is 0 Å². The molecule has 6 heteroatoms. The monoisotopic (exact) mass is 255 g/mol. The highest BCUT2D eigenvalue weighted by atomic mass is 16.3. The maximum Gasteiger partial charge on any atom is 0.181 e. The Morgan fingerprint density at radius 3 is 2.74 bits per heavy atom. The number of oxazole rings is 1. The molecule has 1 N–H and O–H groups in total. The van der Waals surface area contributed by atoms with Crippen LogP contribution in [0.15, 0.2) is 47.5 Å². The molecule has 0 saturated heterocycles. The Morgan fingerprint density at radius 1 is 1.26 bits per heavy atom. The Kier molecular flexibility index (Phi) is 2.97. The summed E-state index contributed by atoms with van der Waals surface area (Å²) in [6, 6.07) is 7.96. The van der Waals surface area contributed by atoms with Gasteiger partial charge in [-0.2, -0.15) is 0 Å². The first-order valence-electron chi connectivity index (χ1n) is 5.89. The van der Waals surface area contributed by atoms with Crippen LogP contribution >= 0.6 is 0 Å². The van der Waals surface area contributed by atoms with Crippen molar-refractivity contribution in [3.63, 3.8) is 0 Å². The molecular weight excluding hydrogens is 242 g/mol. The van der Waals surface area contributed by atoms with Crippen molar-refractivity contribution >= 4 is 5.69 Å². The summed E-state index contributed by atoms with van der Waals surface area (Å²) in [5.41, 5.74) is 2.93. The molecule has 0 aliphatic carbocycles. The Labute approximate surface area is 110 Å². The van der Waals surface area contributed by atoms with Crippen LogP contribution < -0.4 is 5.32 Å². The van der Waals surface area contributed by atoms with E-state index in [1.54, 1.807) is 10.9 Å². The van der Waals surface area contributed by atoms with E-state index in [2.05, 4.69) is 20.6 Å². The number of nitrogens with zero attached hydrogens (tertiary/aromatic N) is 4. The van der Waals surface area contributed by atoms with Crippen LogP contribution in [0.2, 0.25) is 0 Å². The van der Waals surface area contributed by atoms with Crippen LogP contribution in [0.5, 0.6) is 0 Å². The molecule has 0 atom stereocenters. The van der Waals surface area contributed by atoms with Gasteiger partial charge in [-0.1, -0.05) is 5.21 Å². The molecule has 0 unspecified atom stereocenters. The largest absolute Gasteiger partial charge is 0.444 e. The van der Waals surface area contributed by atoms with Gasteiger partial charge in [0.15, 0.2) is 12.2 Å². The van der Waals surface area contributed by atoms with Crippen molar-refractivity contribution in [2.24, 2.45) is 7.05 Å². The fraction of sp³-hybridized carbons (Fsp3) is 0.154. The Hall–Kier alpha value is -2.63. The molecule has 19 heavy (non-hydrogen) atoms. The van der Waals surface area contributed by atoms with Gasteiger partial charge in [0, 0.05) is 24.5 Å². The molecular formula is C13H13N5O. The Bertz CT molecular complexity index is 642. The Balaban J connectivity index is 1.66. The van der Waals surface area contributed by atoms with Gasteiger partial charge in [0.05, 0.1) is 12.7 Å². The molecule has 0 amide bonds. The third-order valence-corrected chi connectivity index (χ3v) is 2.73. The predicted octanol–water partition coefficient (Wildman–Crippen LogP) is 2.08. The lowest BCUT2D eigenvalue weighted by Crippen LogP contribution is -1.99. The first-order chi connectivity index (χ1) is 9.31. The minimum absolute atomic E-state index is 0.648. The SMILES string of the molecule is Cn1cc(CNc2ccc(-c3cnco3)cc2)nn1. The molecule has 0 spiro atoms. The highest BCUT2D eigenvalue weighted by Crippen LogP contribution is 2.20. The zero-order valence-electron chi connectivity index (χ0n) is 10.4. The van der Waals surface area contributed by atoms with Crippen LogP contribution in [-0.2, 0) is 13.6 Å². The lowest BCUT2D eigenvalue weighted by atomic mass is 10.1. The van der Waals surface area contributed by atoms with E-state index >= 15 is 0 Å². The summed E-state index contributed by atoms with van der Waals surface area (Å²) in [5.74, 6) is 0.764. The summed E-state index contributed by atoms with van der Waals surface area (Å²) in [6.45, 7) is 0.648. The molecule has 0 radical (unpaired) electrons. The van der Waals surface area contributed by atoms with E-state index in [1.807, 2.05) is 37.5 Å². The van der Waals surface area contributed by atoms with Gasteiger partial charge in [0.1, 0.15) is 5.69 Å². The summed E-state index contributed by atoms with van der Waals surface area (Å²) in [5, 5.41) is 11.2. The number of anilines is 1. The van der Waals surface area contributed by atoms with E-state index in [0.29, 0.717) is 6.54 Å². The second-order valence-corrected chi connectivity index (χ2v) is 4.18. The van der Waals surface area contributed by atoms with Crippen LogP contribution in [0.4, 0.5) is 5.69 Å². The zero-order valence-corrected chi connectivity index (χ0v) is 10.4. The van der Waals surface area contributed by atoms with Gasteiger partial charge in [-0.15, -0.1) is 5.10 Å². The van der Waals surface area contributed by atoms with Crippen molar-refractivity contribution in [3.8, 4) is 11.3 Å². The number of hydrogen-bond donors (Lipinski definition) is 1. The maximum absolute atomic E-state index is 5.24. The highest BCUT2D eigenvalue weighted by molar-refractivity contribution is 5.60. The molecule has 0 bridgehead atoms. The van der Waals surface area contributed by atoms with Crippen LogP contribution in [-0.4, -0.2) is 20.0 Å². The molecule has 3 aromatic rings. The minimum atomic E-state index is 0.648. The third-order valence-electron chi connectivity index (χ3n) is 2.73. The molecule has 2 heterocycles. The summed E-state index contributed by atoms with van der Waals surface area (Å²) < 4.78 is 6.92. The second-order valence-electron chi connectivity index (χ2n) is 4.18. The van der Waals surface area contributed by atoms with Gasteiger partial charge in [-0.3, -0.25) is 4.68 Å². The first kappa shape index (κ1) is 11.5. The number of nitrogens with one attached hydrogen (secondary N) is 1. The average Bonchev–Trinajstić information content (AvgIpc) is 3.08. The summed E-state index contributed by atoms with van der Waals surface area (Å²) in [7, 11) is 1.85. The molecule has 2 aromatic heterocycles. The normalized spacial score (nSPS) is 10.6. The van der Waals surface area contributed by atoms with Gasteiger partial charge in [-0.05, 0) is 24.3 Å². The number of hydrogen-bond acceptors (Lipinski definition) is 5. The standard InChI is InChI=1S/C13H13N5O/c1-18-8-12(16-17-18)6-15-11-4-2-10(3-5-11)13-7-14-9-19-13/h2-5,7-9,15H,6H2,1H3. The fourth-order valence-electron chi connectivity index (χ4n) is 1.78. The zero-order chi connectivity index (χ0) is 13.1. The number of benzene rings is 1. The van der Waals surface area contributed by atoms with Crippen molar-refractivity contribution in [1.29, 1.82) is 0 Å². The van der Waals surface area contributed by atoms with Crippen LogP contribution in [0.25, 0.3) is 11.3 Å². The van der Waals surface area contributed by atoms with Crippen LogP contribution in [0.3, 0.4) is 0 Å². The van der Waals surface area contributed by atoms with Crippen molar-refractivity contribution in [2.45, 2.75) is 6.54 Å². The van der Waals surface area contributed by atoms with E-state index in [1.165, 1.54) is 6.39 Å². The van der Waals surface area contributed by atoms with Crippen molar-refractivity contribution < 1.29 is 4.42 Å². The van der Waals surface area contributed by atoms with E-state index in [4.69, 9.17) is 4.42 Å². The molecule has 0 aliphatic rings. The smallest absolute Gasteiger partial charge is 0.181 e. The van der Waals surface area contributed by atoms with Gasteiger partial charge in [-0.25, -0.2) is 4.98 Å². The summed E-state index contributed by atoms with van der Waals surface area (Å²) in [6.07, 6.45) is 5.01. The third kappa shape index (κ3) is 2.62. The van der Waals surface area contributed by atoms with Gasteiger partial charge >= 0.3 is 0 Å². The fourth-order valence-corrected chi connectivity index (χ4v) is 1.78. The average molecular weight is 255 g/mol. The maximum atomic E-state index is 5.24. The van der Waals surface area contributed by atoms with Crippen molar-refractivity contribution in [2.75, 3.05) is 5.32 Å². The number of aryl methyl sites for hydroxylation is 1. The number of aromatic nitrogens is 4. The second kappa shape index (κ2) is 4.93. The van der Waals surface area contributed by atoms with E-state index < -0.39 is 0 Å². The lowest BCUT2D eigenvalue weighted by molar-refractivity contribution is 0.572. The molecule has 1 aromatic carbocycles. The van der Waals surface area contributed by atoms with E-state index in [-0.39, 0.29) is 0 Å². The molecule has 96 valence electrons. The van der Waals surface area contributed by atoms with Gasteiger partial charge in [0.2, 0.25) is 0 Å². The topological polar surface area (TPSA) is 68.8 Å². The quantitative estimate of drug-likeness (QED) is 0.773. The van der Waals surface area contributed by atoms with E-state index in [0.717, 1.165) is 22.7 Å². The summed E-state index contributed by atoms with van der Waals surface area (Å²) >= 11 is 0. The van der Waals surface area contributed by atoms with Crippen molar-refractivity contribution in [3.05, 3.63) is 48.7 Å². The predicted molar refractivity (Wildman–Crippen MR) is 70.3 cm³/mol. The molecule has 3 rings (SSSR count). The number of rotatable bonds is 4. The van der Waals surface area contributed by atoms with Crippen molar-refractivity contribution in [1.82, 2.24) is 20.0 Å². The Morgan fingerprint density at radius 2 is 2.11 bits per heavy atom. The van der Waals surface area contributed by atoms with Crippen LogP contribution in [0.1, 0.15) is 5.69 Å². The lowest BCUT2D eigenvalue weighted by Gasteiger charge is -2.04. The van der Waals surface area contributed by atoms with Gasteiger partial charge in [0.25, 0.3) is 0 Å². The molecule has 0 aliphatic heterocycles. The highest BCUT2D eigenvalue weighted by Gasteiger charge is 2.02. The van der Waals surface area contributed by atoms with E-state index in [9.17, 15) is 0 Å². The molecule has 6 nitrogen and oxygen atoms in total. The van der Waals surface area contributed by atoms with Gasteiger partial charge < -0.3 is 9.73 Å².